The highest BCUT2D eigenvalue weighted by atomic mass is 16.1. The summed E-state index contributed by atoms with van der Waals surface area (Å²) in [6.07, 6.45) is 5.41. The molecule has 0 aromatic carbocycles. The van der Waals surface area contributed by atoms with Crippen LogP contribution in [0.2, 0.25) is 0 Å². The van der Waals surface area contributed by atoms with Crippen molar-refractivity contribution < 1.29 is 4.79 Å². The molecule has 1 fully saturated rings. The highest BCUT2D eigenvalue weighted by Gasteiger charge is 2.21. The van der Waals surface area contributed by atoms with Gasteiger partial charge < -0.3 is 11.1 Å². The van der Waals surface area contributed by atoms with Gasteiger partial charge in [-0.05, 0) is 43.6 Å². The zero-order valence-electron chi connectivity index (χ0n) is 10.7. The molecule has 0 aromatic heterocycles. The topological polar surface area (TPSA) is 55.1 Å². The number of rotatable bonds is 6. The summed E-state index contributed by atoms with van der Waals surface area (Å²) >= 11 is 0. The first-order valence-corrected chi connectivity index (χ1v) is 6.58. The van der Waals surface area contributed by atoms with Crippen LogP contribution in [0.4, 0.5) is 0 Å². The Kier molecular flexibility index (Phi) is 5.81. The molecule has 0 heterocycles. The van der Waals surface area contributed by atoms with Gasteiger partial charge in [0.05, 0.1) is 0 Å². The molecule has 0 bridgehead atoms. The second-order valence-electron chi connectivity index (χ2n) is 5.47. The van der Waals surface area contributed by atoms with E-state index in [1.807, 2.05) is 0 Å². The average Bonchev–Trinajstić information content (AvgIpc) is 2.69. The Hall–Kier alpha value is -0.570. The van der Waals surface area contributed by atoms with Gasteiger partial charge in [0.25, 0.3) is 0 Å². The normalized spacial score (nSPS) is 26.7. The lowest BCUT2D eigenvalue weighted by Crippen LogP contribution is -2.29. The lowest BCUT2D eigenvalue weighted by atomic mass is 10.0. The molecule has 3 atom stereocenters. The second kappa shape index (κ2) is 6.89. The largest absolute Gasteiger partial charge is 0.356 e. The third kappa shape index (κ3) is 4.97. The molecule has 0 aliphatic heterocycles. The van der Waals surface area contributed by atoms with Gasteiger partial charge in [0, 0.05) is 13.0 Å². The van der Waals surface area contributed by atoms with Crippen molar-refractivity contribution >= 4 is 5.91 Å². The number of amides is 1. The fourth-order valence-corrected chi connectivity index (χ4v) is 2.35. The van der Waals surface area contributed by atoms with Crippen LogP contribution in [0.3, 0.4) is 0 Å². The minimum absolute atomic E-state index is 0.194. The molecule has 1 saturated carbocycles. The van der Waals surface area contributed by atoms with Crippen LogP contribution < -0.4 is 11.1 Å². The second-order valence-corrected chi connectivity index (χ2v) is 5.47. The van der Waals surface area contributed by atoms with E-state index in [4.69, 9.17) is 5.73 Å². The SMILES string of the molecule is CC(CN)CCC(=O)NCC1CCC(C)C1. The van der Waals surface area contributed by atoms with E-state index in [0.717, 1.165) is 18.9 Å². The van der Waals surface area contributed by atoms with E-state index in [0.29, 0.717) is 24.8 Å². The van der Waals surface area contributed by atoms with Gasteiger partial charge >= 0.3 is 0 Å². The van der Waals surface area contributed by atoms with E-state index in [9.17, 15) is 4.79 Å². The molecule has 1 aliphatic carbocycles. The molecule has 1 amide bonds. The molecule has 94 valence electrons. The molecule has 3 heteroatoms. The molecule has 3 nitrogen and oxygen atoms in total. The van der Waals surface area contributed by atoms with Crippen molar-refractivity contribution in [2.75, 3.05) is 13.1 Å². The van der Waals surface area contributed by atoms with Gasteiger partial charge in [0.2, 0.25) is 5.91 Å². The van der Waals surface area contributed by atoms with Crippen molar-refractivity contribution in [1.82, 2.24) is 5.32 Å². The fraction of sp³-hybridized carbons (Fsp3) is 0.923. The highest BCUT2D eigenvalue weighted by molar-refractivity contribution is 5.75. The smallest absolute Gasteiger partial charge is 0.220 e. The molecule has 3 N–H and O–H groups in total. The summed E-state index contributed by atoms with van der Waals surface area (Å²) in [4.78, 5) is 11.5. The number of nitrogens with one attached hydrogen (secondary N) is 1. The van der Waals surface area contributed by atoms with E-state index < -0.39 is 0 Å². The van der Waals surface area contributed by atoms with Crippen LogP contribution in [0.25, 0.3) is 0 Å². The maximum atomic E-state index is 11.5. The van der Waals surface area contributed by atoms with Crippen molar-refractivity contribution in [3.8, 4) is 0 Å². The Labute approximate surface area is 99.2 Å². The van der Waals surface area contributed by atoms with Crippen LogP contribution in [-0.2, 0) is 4.79 Å². The predicted molar refractivity (Wildman–Crippen MR) is 67.0 cm³/mol. The van der Waals surface area contributed by atoms with Crippen LogP contribution in [-0.4, -0.2) is 19.0 Å². The lowest BCUT2D eigenvalue weighted by Gasteiger charge is -2.12. The Morgan fingerprint density at radius 3 is 2.81 bits per heavy atom. The molecule has 16 heavy (non-hydrogen) atoms. The lowest BCUT2D eigenvalue weighted by molar-refractivity contribution is -0.121. The molecular weight excluding hydrogens is 200 g/mol. The van der Waals surface area contributed by atoms with Crippen molar-refractivity contribution in [1.29, 1.82) is 0 Å². The average molecular weight is 226 g/mol. The van der Waals surface area contributed by atoms with Gasteiger partial charge in [-0.3, -0.25) is 4.79 Å². The molecule has 0 spiro atoms. The van der Waals surface area contributed by atoms with E-state index in [1.54, 1.807) is 0 Å². The summed E-state index contributed by atoms with van der Waals surface area (Å²) in [6, 6.07) is 0. The van der Waals surface area contributed by atoms with Crippen LogP contribution in [0.15, 0.2) is 0 Å². The van der Waals surface area contributed by atoms with Crippen LogP contribution in [0.5, 0.6) is 0 Å². The quantitative estimate of drug-likeness (QED) is 0.727. The van der Waals surface area contributed by atoms with E-state index in [2.05, 4.69) is 19.2 Å². The third-order valence-corrected chi connectivity index (χ3v) is 3.66. The summed E-state index contributed by atoms with van der Waals surface area (Å²) in [5.41, 5.74) is 5.52. The molecule has 0 saturated heterocycles. The molecule has 0 aromatic rings. The Morgan fingerprint density at radius 1 is 1.50 bits per heavy atom. The summed E-state index contributed by atoms with van der Waals surface area (Å²) in [5.74, 6) is 2.21. The van der Waals surface area contributed by atoms with Gasteiger partial charge in [-0.2, -0.15) is 0 Å². The molecular formula is C13H26N2O. The highest BCUT2D eigenvalue weighted by Crippen LogP contribution is 2.29. The van der Waals surface area contributed by atoms with E-state index in [-0.39, 0.29) is 5.91 Å². The zero-order valence-corrected chi connectivity index (χ0v) is 10.7. The predicted octanol–water partition coefficient (Wildman–Crippen LogP) is 1.91. The molecule has 0 radical (unpaired) electrons. The van der Waals surface area contributed by atoms with Crippen molar-refractivity contribution in [2.24, 2.45) is 23.5 Å². The molecule has 3 unspecified atom stereocenters. The van der Waals surface area contributed by atoms with Crippen molar-refractivity contribution in [3.05, 3.63) is 0 Å². The van der Waals surface area contributed by atoms with Gasteiger partial charge in [0.1, 0.15) is 0 Å². The molecule has 1 aliphatic rings. The third-order valence-electron chi connectivity index (χ3n) is 3.66. The monoisotopic (exact) mass is 226 g/mol. The zero-order chi connectivity index (χ0) is 12.0. The van der Waals surface area contributed by atoms with Crippen LogP contribution in [0, 0.1) is 17.8 Å². The minimum atomic E-state index is 0.194. The Bertz CT molecular complexity index is 218. The van der Waals surface area contributed by atoms with E-state index >= 15 is 0 Å². The standard InChI is InChI=1S/C13H26N2O/c1-10-3-5-12(7-10)9-15-13(16)6-4-11(2)8-14/h10-12H,3-9,14H2,1-2H3,(H,15,16). The maximum Gasteiger partial charge on any atom is 0.220 e. The number of hydrogen-bond acceptors (Lipinski definition) is 2. The fourth-order valence-electron chi connectivity index (χ4n) is 2.35. The first-order valence-electron chi connectivity index (χ1n) is 6.58. The van der Waals surface area contributed by atoms with Gasteiger partial charge in [-0.25, -0.2) is 0 Å². The minimum Gasteiger partial charge on any atom is -0.356 e. The Morgan fingerprint density at radius 2 is 2.25 bits per heavy atom. The first-order chi connectivity index (χ1) is 7.61. The van der Waals surface area contributed by atoms with E-state index in [1.165, 1.54) is 19.3 Å². The number of carbonyl (C=O) groups is 1. The van der Waals surface area contributed by atoms with Crippen molar-refractivity contribution in [3.63, 3.8) is 0 Å². The van der Waals surface area contributed by atoms with Gasteiger partial charge in [0.15, 0.2) is 0 Å². The van der Waals surface area contributed by atoms with Crippen molar-refractivity contribution in [2.45, 2.75) is 46.0 Å². The summed E-state index contributed by atoms with van der Waals surface area (Å²) in [6.45, 7) is 5.93. The maximum absolute atomic E-state index is 11.5. The number of hydrogen-bond donors (Lipinski definition) is 2. The number of carbonyl (C=O) groups excluding carboxylic acids is 1. The first kappa shape index (κ1) is 13.5. The molecule has 1 rings (SSSR count). The van der Waals surface area contributed by atoms with Gasteiger partial charge in [-0.15, -0.1) is 0 Å². The Balaban J connectivity index is 2.06. The summed E-state index contributed by atoms with van der Waals surface area (Å²) in [5, 5.41) is 3.04. The summed E-state index contributed by atoms with van der Waals surface area (Å²) < 4.78 is 0. The number of nitrogens with two attached hydrogens (primary N) is 1. The van der Waals surface area contributed by atoms with Crippen LogP contribution >= 0.6 is 0 Å². The summed E-state index contributed by atoms with van der Waals surface area (Å²) in [7, 11) is 0. The van der Waals surface area contributed by atoms with Crippen LogP contribution in [0.1, 0.15) is 46.0 Å². The van der Waals surface area contributed by atoms with Gasteiger partial charge in [-0.1, -0.05) is 20.3 Å².